The minimum atomic E-state index is -0.531. The van der Waals surface area contributed by atoms with Crippen molar-refractivity contribution in [2.24, 2.45) is 0 Å². The first-order valence-electron chi connectivity index (χ1n) is 6.15. The molecule has 5 heteroatoms. The smallest absolute Gasteiger partial charge is 0.131 e. The van der Waals surface area contributed by atoms with Gasteiger partial charge in [-0.15, -0.1) is 11.3 Å². The van der Waals surface area contributed by atoms with Crippen LogP contribution >= 0.6 is 11.3 Å². The van der Waals surface area contributed by atoms with Crippen LogP contribution in [0.5, 0.6) is 0 Å². The SMILES string of the molecule is CCNC(c1sc(C)nc1C)c1c(F)cccc1F. The van der Waals surface area contributed by atoms with E-state index in [1.54, 1.807) is 0 Å². The van der Waals surface area contributed by atoms with Gasteiger partial charge >= 0.3 is 0 Å². The number of nitrogens with one attached hydrogen (secondary N) is 1. The molecule has 0 saturated heterocycles. The van der Waals surface area contributed by atoms with Crippen LogP contribution in [0.2, 0.25) is 0 Å². The molecule has 0 aliphatic carbocycles. The molecule has 0 fully saturated rings. The largest absolute Gasteiger partial charge is 0.306 e. The van der Waals surface area contributed by atoms with Gasteiger partial charge in [-0.25, -0.2) is 13.8 Å². The highest BCUT2D eigenvalue weighted by Gasteiger charge is 2.24. The average Bonchev–Trinajstić information content (AvgIpc) is 2.67. The van der Waals surface area contributed by atoms with Crippen LogP contribution in [0.1, 0.15) is 34.1 Å². The van der Waals surface area contributed by atoms with Gasteiger partial charge in [0.05, 0.1) is 16.7 Å². The minimum Gasteiger partial charge on any atom is -0.306 e. The highest BCUT2D eigenvalue weighted by Crippen LogP contribution is 2.32. The Morgan fingerprint density at radius 1 is 1.26 bits per heavy atom. The predicted molar refractivity (Wildman–Crippen MR) is 73.5 cm³/mol. The summed E-state index contributed by atoms with van der Waals surface area (Å²) < 4.78 is 27.9. The molecule has 0 radical (unpaired) electrons. The number of thiazole rings is 1. The van der Waals surface area contributed by atoms with Crippen LogP contribution in [0.25, 0.3) is 0 Å². The maximum absolute atomic E-state index is 14.0. The van der Waals surface area contributed by atoms with Crippen molar-refractivity contribution in [3.63, 3.8) is 0 Å². The van der Waals surface area contributed by atoms with Gasteiger partial charge in [0.25, 0.3) is 0 Å². The lowest BCUT2D eigenvalue weighted by molar-refractivity contribution is 0.512. The Hall–Kier alpha value is -1.33. The number of nitrogens with zero attached hydrogens (tertiary/aromatic N) is 1. The molecule has 1 atom stereocenters. The van der Waals surface area contributed by atoms with Crippen molar-refractivity contribution < 1.29 is 8.78 Å². The monoisotopic (exact) mass is 282 g/mol. The topological polar surface area (TPSA) is 24.9 Å². The number of aryl methyl sites for hydroxylation is 2. The molecule has 102 valence electrons. The zero-order chi connectivity index (χ0) is 14.0. The second-order valence-electron chi connectivity index (χ2n) is 4.31. The van der Waals surface area contributed by atoms with Crippen molar-refractivity contribution in [3.8, 4) is 0 Å². The van der Waals surface area contributed by atoms with Gasteiger partial charge in [0.2, 0.25) is 0 Å². The number of benzene rings is 1. The molecular formula is C14H16F2N2S. The van der Waals surface area contributed by atoms with E-state index in [1.165, 1.54) is 29.5 Å². The Kier molecular flexibility index (Phi) is 4.27. The second kappa shape index (κ2) is 5.75. The summed E-state index contributed by atoms with van der Waals surface area (Å²) >= 11 is 1.47. The van der Waals surface area contributed by atoms with Crippen molar-refractivity contribution in [1.82, 2.24) is 10.3 Å². The molecule has 19 heavy (non-hydrogen) atoms. The van der Waals surface area contributed by atoms with E-state index in [2.05, 4.69) is 10.3 Å². The van der Waals surface area contributed by atoms with E-state index >= 15 is 0 Å². The molecule has 2 nitrogen and oxygen atoms in total. The zero-order valence-electron chi connectivity index (χ0n) is 11.1. The van der Waals surface area contributed by atoms with Gasteiger partial charge < -0.3 is 5.32 Å². The van der Waals surface area contributed by atoms with E-state index in [9.17, 15) is 8.78 Å². The molecule has 1 aromatic carbocycles. The van der Waals surface area contributed by atoms with Crippen molar-refractivity contribution in [1.29, 1.82) is 0 Å². The van der Waals surface area contributed by atoms with Gasteiger partial charge in [-0.05, 0) is 32.5 Å². The minimum absolute atomic E-state index is 0.0658. The number of hydrogen-bond acceptors (Lipinski definition) is 3. The van der Waals surface area contributed by atoms with E-state index in [0.717, 1.165) is 15.6 Å². The van der Waals surface area contributed by atoms with Gasteiger partial charge in [0.15, 0.2) is 0 Å². The Balaban J connectivity index is 2.54. The highest BCUT2D eigenvalue weighted by atomic mass is 32.1. The van der Waals surface area contributed by atoms with Gasteiger partial charge in [-0.1, -0.05) is 13.0 Å². The summed E-state index contributed by atoms with van der Waals surface area (Å²) in [7, 11) is 0. The van der Waals surface area contributed by atoms with E-state index in [1.807, 2.05) is 20.8 Å². The normalized spacial score (nSPS) is 12.7. The summed E-state index contributed by atoms with van der Waals surface area (Å²) in [5, 5.41) is 4.04. The fourth-order valence-corrected chi connectivity index (χ4v) is 3.14. The molecule has 2 rings (SSSR count). The molecule has 1 heterocycles. The Morgan fingerprint density at radius 2 is 1.89 bits per heavy atom. The van der Waals surface area contributed by atoms with Crippen LogP contribution in [0.3, 0.4) is 0 Å². The molecule has 0 spiro atoms. The van der Waals surface area contributed by atoms with Crippen molar-refractivity contribution in [2.45, 2.75) is 26.8 Å². The van der Waals surface area contributed by atoms with Crippen LogP contribution in [0.4, 0.5) is 8.78 Å². The summed E-state index contributed by atoms with van der Waals surface area (Å²) in [5.41, 5.74) is 0.882. The van der Waals surface area contributed by atoms with E-state index in [-0.39, 0.29) is 5.56 Å². The lowest BCUT2D eigenvalue weighted by atomic mass is 10.0. The van der Waals surface area contributed by atoms with Gasteiger partial charge in [0.1, 0.15) is 11.6 Å². The second-order valence-corrected chi connectivity index (χ2v) is 5.54. The number of hydrogen-bond donors (Lipinski definition) is 1. The first-order valence-corrected chi connectivity index (χ1v) is 6.97. The van der Waals surface area contributed by atoms with Crippen molar-refractivity contribution in [3.05, 3.63) is 51.0 Å². The number of aromatic nitrogens is 1. The molecule has 1 unspecified atom stereocenters. The lowest BCUT2D eigenvalue weighted by Crippen LogP contribution is -2.24. The van der Waals surface area contributed by atoms with Gasteiger partial charge in [0, 0.05) is 10.4 Å². The van der Waals surface area contributed by atoms with E-state index in [4.69, 9.17) is 0 Å². The van der Waals surface area contributed by atoms with E-state index < -0.39 is 17.7 Å². The fourth-order valence-electron chi connectivity index (χ4n) is 2.13. The molecule has 1 aromatic heterocycles. The van der Waals surface area contributed by atoms with Crippen LogP contribution in [0, 0.1) is 25.5 Å². The molecular weight excluding hydrogens is 266 g/mol. The molecule has 0 aliphatic heterocycles. The number of halogens is 2. The quantitative estimate of drug-likeness (QED) is 0.924. The first kappa shape index (κ1) is 14.1. The Labute approximate surface area is 115 Å². The highest BCUT2D eigenvalue weighted by molar-refractivity contribution is 7.11. The Morgan fingerprint density at radius 3 is 2.37 bits per heavy atom. The summed E-state index contributed by atoms with van der Waals surface area (Å²) in [4.78, 5) is 5.20. The summed E-state index contributed by atoms with van der Waals surface area (Å²) in [6, 6.07) is 3.46. The third-order valence-corrected chi connectivity index (χ3v) is 4.04. The molecule has 0 bridgehead atoms. The Bertz CT molecular complexity index is 561. The maximum atomic E-state index is 14.0. The van der Waals surface area contributed by atoms with Crippen LogP contribution in [0.15, 0.2) is 18.2 Å². The van der Waals surface area contributed by atoms with Gasteiger partial charge in [-0.2, -0.15) is 0 Å². The van der Waals surface area contributed by atoms with Crippen LogP contribution in [-0.2, 0) is 0 Å². The molecule has 0 amide bonds. The van der Waals surface area contributed by atoms with E-state index in [0.29, 0.717) is 6.54 Å². The fraction of sp³-hybridized carbons (Fsp3) is 0.357. The molecule has 0 saturated carbocycles. The summed E-state index contributed by atoms with van der Waals surface area (Å²) in [6.45, 7) is 6.29. The molecule has 1 N–H and O–H groups in total. The summed E-state index contributed by atoms with van der Waals surface area (Å²) in [6.07, 6.45) is 0. The lowest BCUT2D eigenvalue weighted by Gasteiger charge is -2.18. The van der Waals surface area contributed by atoms with Gasteiger partial charge in [-0.3, -0.25) is 0 Å². The standard InChI is InChI=1S/C14H16F2N2S/c1-4-17-13(14-8(2)18-9(3)19-14)12-10(15)6-5-7-11(12)16/h5-7,13,17H,4H2,1-3H3. The average molecular weight is 282 g/mol. The zero-order valence-corrected chi connectivity index (χ0v) is 11.9. The third kappa shape index (κ3) is 2.82. The predicted octanol–water partition coefficient (Wildman–Crippen LogP) is 3.74. The third-order valence-electron chi connectivity index (χ3n) is 2.90. The van der Waals surface area contributed by atoms with Crippen molar-refractivity contribution >= 4 is 11.3 Å². The number of rotatable bonds is 4. The van der Waals surface area contributed by atoms with Crippen molar-refractivity contribution in [2.75, 3.05) is 6.54 Å². The molecule has 0 aliphatic rings. The summed E-state index contributed by atoms with van der Waals surface area (Å²) in [5.74, 6) is -1.06. The maximum Gasteiger partial charge on any atom is 0.131 e. The molecule has 2 aromatic rings. The van der Waals surface area contributed by atoms with Crippen LogP contribution in [-0.4, -0.2) is 11.5 Å². The van der Waals surface area contributed by atoms with Crippen LogP contribution < -0.4 is 5.32 Å². The first-order chi connectivity index (χ1) is 9.04.